The predicted molar refractivity (Wildman–Crippen MR) is 118 cm³/mol. The Labute approximate surface area is 187 Å². The highest BCUT2D eigenvalue weighted by Gasteiger charge is 2.44. The van der Waals surface area contributed by atoms with Crippen molar-refractivity contribution in [3.63, 3.8) is 0 Å². The van der Waals surface area contributed by atoms with Gasteiger partial charge in [-0.15, -0.1) is 0 Å². The van der Waals surface area contributed by atoms with Crippen LogP contribution in [0.3, 0.4) is 0 Å². The maximum atomic E-state index is 10.8. The third-order valence-corrected chi connectivity index (χ3v) is 6.21. The maximum Gasteiger partial charge on any atom is 0.269 e. The van der Waals surface area contributed by atoms with Gasteiger partial charge in [0.05, 0.1) is 17.4 Å². The van der Waals surface area contributed by atoms with Gasteiger partial charge in [-0.1, -0.05) is 12.1 Å². The molecule has 1 aliphatic heterocycles. The van der Waals surface area contributed by atoms with Crippen LogP contribution in [0.25, 0.3) is 11.2 Å². The van der Waals surface area contributed by atoms with E-state index in [0.29, 0.717) is 35.8 Å². The molecular formula is C19H23N7O5S. The summed E-state index contributed by atoms with van der Waals surface area (Å²) in [6.45, 7) is 0.900. The van der Waals surface area contributed by atoms with Crippen molar-refractivity contribution in [2.45, 2.75) is 31.1 Å². The zero-order valence-electron chi connectivity index (χ0n) is 16.9. The van der Waals surface area contributed by atoms with Crippen LogP contribution in [-0.4, -0.2) is 71.0 Å². The van der Waals surface area contributed by atoms with Crippen molar-refractivity contribution in [1.29, 1.82) is 0 Å². The zero-order chi connectivity index (χ0) is 22.7. The van der Waals surface area contributed by atoms with Gasteiger partial charge in [0.15, 0.2) is 23.2 Å². The minimum Gasteiger partial charge on any atom is -0.387 e. The number of anilines is 1. The van der Waals surface area contributed by atoms with Crippen LogP contribution in [0.2, 0.25) is 0 Å². The molecular weight excluding hydrogens is 438 g/mol. The average Bonchev–Trinajstić information content (AvgIpc) is 3.35. The summed E-state index contributed by atoms with van der Waals surface area (Å²) in [5.74, 6) is 1.71. The summed E-state index contributed by atoms with van der Waals surface area (Å²) in [5, 5.41) is 34.9. The summed E-state index contributed by atoms with van der Waals surface area (Å²) in [6.07, 6.45) is -0.689. The number of rotatable bonds is 9. The molecule has 4 atom stereocenters. The molecule has 0 amide bonds. The van der Waals surface area contributed by atoms with Gasteiger partial charge in [0.1, 0.15) is 18.5 Å². The summed E-state index contributed by atoms with van der Waals surface area (Å²) < 4.78 is 7.49. The van der Waals surface area contributed by atoms with Gasteiger partial charge in [-0.3, -0.25) is 14.7 Å². The molecule has 0 saturated carbocycles. The lowest BCUT2D eigenvalue weighted by atomic mass is 10.1. The molecule has 32 heavy (non-hydrogen) atoms. The number of hydrogen-bond donors (Lipinski definition) is 4. The number of nitrogens with two attached hydrogens (primary N) is 1. The van der Waals surface area contributed by atoms with Crippen LogP contribution in [0.15, 0.2) is 36.9 Å². The topological polar surface area (TPSA) is 174 Å². The molecule has 1 aromatic carbocycles. The molecule has 170 valence electrons. The quantitative estimate of drug-likeness (QED) is 0.200. The lowest BCUT2D eigenvalue weighted by Crippen LogP contribution is -2.32. The zero-order valence-corrected chi connectivity index (χ0v) is 17.8. The number of nitro groups is 1. The Morgan fingerprint density at radius 3 is 2.72 bits per heavy atom. The van der Waals surface area contributed by atoms with Gasteiger partial charge in [0, 0.05) is 36.7 Å². The molecule has 3 aromatic rings. The van der Waals surface area contributed by atoms with Crippen LogP contribution >= 0.6 is 11.8 Å². The number of aliphatic hydroxyl groups is 2. The van der Waals surface area contributed by atoms with Crippen molar-refractivity contribution in [2.75, 3.05) is 23.4 Å². The van der Waals surface area contributed by atoms with E-state index in [9.17, 15) is 20.3 Å². The minimum absolute atomic E-state index is 0.0222. The van der Waals surface area contributed by atoms with Crippen LogP contribution < -0.4 is 11.1 Å². The van der Waals surface area contributed by atoms with Crippen molar-refractivity contribution in [3.05, 3.63) is 52.6 Å². The number of benzene rings is 1. The average molecular weight is 462 g/mol. The number of fused-ring (bicyclic) bond motifs is 1. The number of non-ortho nitro benzene ring substituents is 1. The number of aliphatic hydroxyl groups excluding tert-OH is 2. The van der Waals surface area contributed by atoms with E-state index in [1.807, 2.05) is 0 Å². The Bertz CT molecular complexity index is 1080. The first-order valence-electron chi connectivity index (χ1n) is 9.93. The van der Waals surface area contributed by atoms with Crippen molar-refractivity contribution < 1.29 is 19.9 Å². The van der Waals surface area contributed by atoms with E-state index in [-0.39, 0.29) is 5.69 Å². The van der Waals surface area contributed by atoms with E-state index in [0.717, 1.165) is 11.3 Å². The highest BCUT2D eigenvalue weighted by molar-refractivity contribution is 7.99. The number of nitrogens with zero attached hydrogens (tertiary/aromatic N) is 5. The molecule has 5 N–H and O–H groups in total. The summed E-state index contributed by atoms with van der Waals surface area (Å²) in [6, 6.07) is 6.20. The largest absolute Gasteiger partial charge is 0.387 e. The lowest BCUT2D eigenvalue weighted by molar-refractivity contribution is -0.384. The van der Waals surface area contributed by atoms with Crippen LogP contribution in [-0.2, 0) is 11.3 Å². The second kappa shape index (κ2) is 9.75. The highest BCUT2D eigenvalue weighted by Crippen LogP contribution is 2.33. The molecule has 13 heteroatoms. The number of nitro benzene ring substituents is 1. The molecule has 0 radical (unpaired) electrons. The third kappa shape index (κ3) is 4.52. The van der Waals surface area contributed by atoms with Gasteiger partial charge in [0.2, 0.25) is 0 Å². The van der Waals surface area contributed by atoms with E-state index >= 15 is 0 Å². The SMILES string of the molecule is NCCSC[C@H]1O[C@@H](n2cnc3c(NCc4ccc([N+](=O)[O-])cc4)ncnc32)C(O)C1O. The van der Waals surface area contributed by atoms with Crippen LogP contribution in [0.1, 0.15) is 11.8 Å². The molecule has 0 aliphatic carbocycles. The van der Waals surface area contributed by atoms with Gasteiger partial charge in [-0.2, -0.15) is 11.8 Å². The third-order valence-electron chi connectivity index (χ3n) is 5.12. The standard InChI is InChI=1S/C19H23N7O5S/c20-5-6-32-8-13-15(27)16(28)19(31-13)25-10-24-14-17(22-9-23-18(14)25)21-7-11-1-3-12(4-2-11)26(29)30/h1-4,9-10,13,15-16,19,27-28H,5-8,20H2,(H,21,22,23)/t13-,15?,16?,19-/m1/s1. The highest BCUT2D eigenvalue weighted by atomic mass is 32.2. The first-order valence-corrected chi connectivity index (χ1v) is 11.1. The number of nitrogens with one attached hydrogen (secondary N) is 1. The van der Waals surface area contributed by atoms with E-state index in [2.05, 4.69) is 20.3 Å². The molecule has 0 bridgehead atoms. The Morgan fingerprint density at radius 1 is 1.22 bits per heavy atom. The lowest BCUT2D eigenvalue weighted by Gasteiger charge is -2.16. The van der Waals surface area contributed by atoms with Crippen molar-refractivity contribution in [3.8, 4) is 0 Å². The summed E-state index contributed by atoms with van der Waals surface area (Å²) in [7, 11) is 0. The number of hydrogen-bond acceptors (Lipinski definition) is 11. The van der Waals surface area contributed by atoms with Gasteiger partial charge >= 0.3 is 0 Å². The Balaban J connectivity index is 1.50. The minimum atomic E-state index is -1.14. The smallest absolute Gasteiger partial charge is 0.269 e. The molecule has 2 aromatic heterocycles. The predicted octanol–water partition coefficient (Wildman–Crippen LogP) is 0.658. The number of imidazole rings is 1. The van der Waals surface area contributed by atoms with Crippen LogP contribution in [0.4, 0.5) is 11.5 Å². The molecule has 1 saturated heterocycles. The number of thioether (sulfide) groups is 1. The summed E-state index contributed by atoms with van der Waals surface area (Å²) in [5.41, 5.74) is 7.27. The monoisotopic (exact) mass is 461 g/mol. The van der Waals surface area contributed by atoms with Gasteiger partial charge < -0.3 is 26.0 Å². The van der Waals surface area contributed by atoms with E-state index in [1.54, 1.807) is 28.5 Å². The molecule has 1 aliphatic rings. The van der Waals surface area contributed by atoms with Crippen LogP contribution in [0, 0.1) is 10.1 Å². The van der Waals surface area contributed by atoms with Gasteiger partial charge in [0.25, 0.3) is 5.69 Å². The van der Waals surface area contributed by atoms with E-state index < -0.39 is 29.5 Å². The Hall–Kier alpha value is -2.84. The maximum absolute atomic E-state index is 10.8. The molecule has 3 heterocycles. The van der Waals surface area contributed by atoms with Crippen LogP contribution in [0.5, 0.6) is 0 Å². The van der Waals surface area contributed by atoms with Crippen molar-refractivity contribution in [1.82, 2.24) is 19.5 Å². The second-order valence-electron chi connectivity index (χ2n) is 7.23. The fourth-order valence-corrected chi connectivity index (χ4v) is 4.31. The molecule has 4 rings (SSSR count). The second-order valence-corrected chi connectivity index (χ2v) is 8.38. The Morgan fingerprint density at radius 2 is 2.00 bits per heavy atom. The van der Waals surface area contributed by atoms with E-state index in [4.69, 9.17) is 10.5 Å². The van der Waals surface area contributed by atoms with Gasteiger partial charge in [-0.25, -0.2) is 15.0 Å². The summed E-state index contributed by atoms with van der Waals surface area (Å²) >= 11 is 1.55. The number of ether oxygens (including phenoxy) is 1. The molecule has 2 unspecified atom stereocenters. The first-order chi connectivity index (χ1) is 15.5. The van der Waals surface area contributed by atoms with Gasteiger partial charge in [-0.05, 0) is 5.56 Å². The molecule has 12 nitrogen and oxygen atoms in total. The normalized spacial score (nSPS) is 23.0. The fourth-order valence-electron chi connectivity index (χ4n) is 3.47. The van der Waals surface area contributed by atoms with Crippen molar-refractivity contribution >= 4 is 34.4 Å². The molecule has 1 fully saturated rings. The first kappa shape index (κ1) is 22.4. The van der Waals surface area contributed by atoms with Crippen molar-refractivity contribution in [2.24, 2.45) is 5.73 Å². The van der Waals surface area contributed by atoms with E-state index in [1.165, 1.54) is 24.8 Å². The molecule has 0 spiro atoms. The summed E-state index contributed by atoms with van der Waals surface area (Å²) in [4.78, 5) is 23.2. The fraction of sp³-hybridized carbons (Fsp3) is 0.421. The number of aromatic nitrogens is 4. The Kier molecular flexibility index (Phi) is 6.81.